The fourth-order valence-corrected chi connectivity index (χ4v) is 4.76. The number of hydrogen-bond acceptors (Lipinski definition) is 6. The molecule has 1 aromatic rings. The molecule has 1 unspecified atom stereocenters. The Labute approximate surface area is 202 Å². The lowest BCUT2D eigenvalue weighted by Crippen LogP contribution is -2.22. The van der Waals surface area contributed by atoms with Crippen LogP contribution in [-0.2, 0) is 11.2 Å². The number of rotatable bonds is 12. The maximum Gasteiger partial charge on any atom is 0.342 e. The number of aryl methyl sites for hydroxylation is 1. The molecule has 2 rings (SSSR count). The van der Waals surface area contributed by atoms with Crippen molar-refractivity contribution in [3.63, 3.8) is 0 Å². The molecule has 0 amide bonds. The Morgan fingerprint density at radius 2 is 2.03 bits per heavy atom. The summed E-state index contributed by atoms with van der Waals surface area (Å²) in [7, 11) is 0. The number of nitro benzene ring substituents is 1. The molecule has 1 aliphatic rings. The van der Waals surface area contributed by atoms with Gasteiger partial charge in [0.15, 0.2) is 0 Å². The maximum atomic E-state index is 13.1. The molecule has 0 saturated carbocycles. The summed E-state index contributed by atoms with van der Waals surface area (Å²) < 4.78 is 5.36. The molecule has 0 aromatic heterocycles. The number of esters is 1. The summed E-state index contributed by atoms with van der Waals surface area (Å²) in [5.74, 6) is -1.71. The lowest BCUT2D eigenvalue weighted by atomic mass is 9.73. The van der Waals surface area contributed by atoms with Gasteiger partial charge in [0.1, 0.15) is 17.9 Å². The minimum atomic E-state index is -0.797. The van der Waals surface area contributed by atoms with E-state index in [4.69, 9.17) is 4.74 Å². The van der Waals surface area contributed by atoms with Crippen LogP contribution < -0.4 is 0 Å². The number of ether oxygens (including phenoxy) is 1. The predicted molar refractivity (Wildman–Crippen MR) is 133 cm³/mol. The molecule has 188 valence electrons. The number of nitrogens with zero attached hydrogens (tertiary/aromatic N) is 1. The summed E-state index contributed by atoms with van der Waals surface area (Å²) in [5.41, 5.74) is 2.28. The minimum Gasteiger partial charge on any atom is -0.506 e. The first-order valence-electron chi connectivity index (χ1n) is 12.3. The molecule has 0 bridgehead atoms. The highest BCUT2D eigenvalue weighted by Gasteiger charge is 2.37. The Balaban J connectivity index is 2.66. The van der Waals surface area contributed by atoms with E-state index in [0.29, 0.717) is 18.4 Å². The molecule has 0 heterocycles. The van der Waals surface area contributed by atoms with Crippen LogP contribution in [-0.4, -0.2) is 33.8 Å². The van der Waals surface area contributed by atoms with Crippen LogP contribution in [0.25, 0.3) is 0 Å². The van der Waals surface area contributed by atoms with E-state index in [1.54, 1.807) is 0 Å². The molecule has 7 heteroatoms. The average molecular weight is 474 g/mol. The number of benzene rings is 1. The van der Waals surface area contributed by atoms with E-state index < -0.39 is 28.7 Å². The Bertz CT molecular complexity index is 936. The standard InChI is InChI=1S/C27H39NO6/c1-6-8-9-11-19-15-23(28(32)33)25(22-14-18(5)12-13-21(22)17(3)4)26(30)24(19)27(31)34-16-20(29)10-7-2/h14-15,20-22,29-30H,3,6-13,16H2,1-2,4-5H3/t20?,21-,22+/m1/s1. The van der Waals surface area contributed by atoms with Crippen LogP contribution in [0.1, 0.15) is 100 Å². The normalized spacial score (nSPS) is 18.8. The van der Waals surface area contributed by atoms with Crippen molar-refractivity contribution in [2.45, 2.75) is 91.1 Å². The molecular formula is C27H39NO6. The molecule has 34 heavy (non-hydrogen) atoms. The zero-order chi connectivity index (χ0) is 25.4. The Hall–Kier alpha value is -2.67. The maximum absolute atomic E-state index is 13.1. The van der Waals surface area contributed by atoms with Gasteiger partial charge < -0.3 is 14.9 Å². The third-order valence-electron chi connectivity index (χ3n) is 6.59. The monoisotopic (exact) mass is 473 g/mol. The summed E-state index contributed by atoms with van der Waals surface area (Å²) in [6.45, 7) is 11.7. The van der Waals surface area contributed by atoms with E-state index in [-0.39, 0.29) is 29.3 Å². The number of phenols is 1. The number of hydrogen-bond donors (Lipinski definition) is 2. The van der Waals surface area contributed by atoms with Crippen molar-refractivity contribution in [2.24, 2.45) is 5.92 Å². The summed E-state index contributed by atoms with van der Waals surface area (Å²) in [4.78, 5) is 24.8. The molecular weight excluding hydrogens is 434 g/mol. The van der Waals surface area contributed by atoms with Crippen LogP contribution in [0.2, 0.25) is 0 Å². The van der Waals surface area contributed by atoms with Crippen molar-refractivity contribution in [2.75, 3.05) is 6.61 Å². The Morgan fingerprint density at radius 1 is 1.32 bits per heavy atom. The first kappa shape index (κ1) is 27.6. The van der Waals surface area contributed by atoms with Gasteiger partial charge in [-0.3, -0.25) is 10.1 Å². The predicted octanol–water partition coefficient (Wildman–Crippen LogP) is 6.37. The summed E-state index contributed by atoms with van der Waals surface area (Å²) in [5, 5.41) is 33.5. The van der Waals surface area contributed by atoms with Crippen molar-refractivity contribution in [1.29, 1.82) is 0 Å². The highest BCUT2D eigenvalue weighted by Crippen LogP contribution is 2.48. The van der Waals surface area contributed by atoms with Gasteiger partial charge in [0.05, 0.1) is 16.6 Å². The van der Waals surface area contributed by atoms with Crippen molar-refractivity contribution in [3.05, 3.63) is 56.7 Å². The highest BCUT2D eigenvalue weighted by molar-refractivity contribution is 5.95. The molecule has 0 aliphatic heterocycles. The van der Waals surface area contributed by atoms with E-state index in [2.05, 4.69) is 6.58 Å². The number of aliphatic hydroxyl groups is 1. The zero-order valence-electron chi connectivity index (χ0n) is 20.9. The quantitative estimate of drug-likeness (QED) is 0.120. The molecule has 0 radical (unpaired) electrons. The third kappa shape index (κ3) is 6.69. The molecule has 0 fully saturated rings. The van der Waals surface area contributed by atoms with Gasteiger partial charge in [-0.2, -0.15) is 0 Å². The second kappa shape index (κ2) is 12.7. The van der Waals surface area contributed by atoms with Crippen molar-refractivity contribution in [1.82, 2.24) is 0 Å². The van der Waals surface area contributed by atoms with Gasteiger partial charge in [0.25, 0.3) is 5.69 Å². The Kier molecular flexibility index (Phi) is 10.3. The second-order valence-corrected chi connectivity index (χ2v) is 9.48. The van der Waals surface area contributed by atoms with Gasteiger partial charge in [0.2, 0.25) is 0 Å². The van der Waals surface area contributed by atoms with Crippen molar-refractivity contribution < 1.29 is 24.7 Å². The Morgan fingerprint density at radius 3 is 2.62 bits per heavy atom. The highest BCUT2D eigenvalue weighted by atomic mass is 16.6. The van der Waals surface area contributed by atoms with Crippen LogP contribution in [0.4, 0.5) is 5.69 Å². The zero-order valence-corrected chi connectivity index (χ0v) is 20.9. The van der Waals surface area contributed by atoms with Crippen LogP contribution in [0, 0.1) is 16.0 Å². The number of aliphatic hydroxyl groups excluding tert-OH is 1. The third-order valence-corrected chi connectivity index (χ3v) is 6.59. The number of carbonyl (C=O) groups is 1. The SMILES string of the molecule is C=C(C)[C@H]1CCC(C)=C[C@@H]1c1c([N+](=O)[O-])cc(CCCCC)c(C(=O)OCC(O)CCC)c1O. The van der Waals surface area contributed by atoms with E-state index in [0.717, 1.165) is 49.7 Å². The van der Waals surface area contributed by atoms with Crippen LogP contribution in [0.15, 0.2) is 29.9 Å². The van der Waals surface area contributed by atoms with Gasteiger partial charge in [-0.25, -0.2) is 4.79 Å². The van der Waals surface area contributed by atoms with Gasteiger partial charge >= 0.3 is 5.97 Å². The van der Waals surface area contributed by atoms with Gasteiger partial charge in [0, 0.05) is 12.0 Å². The molecule has 2 N–H and O–H groups in total. The van der Waals surface area contributed by atoms with Gasteiger partial charge in [-0.15, -0.1) is 0 Å². The van der Waals surface area contributed by atoms with E-state index in [1.807, 2.05) is 33.8 Å². The lowest BCUT2D eigenvalue weighted by molar-refractivity contribution is -0.385. The fraction of sp³-hybridized carbons (Fsp3) is 0.593. The van der Waals surface area contributed by atoms with Crippen molar-refractivity contribution in [3.8, 4) is 5.75 Å². The topological polar surface area (TPSA) is 110 Å². The summed E-state index contributed by atoms with van der Waals surface area (Å²) in [6.07, 6.45) is 6.96. The van der Waals surface area contributed by atoms with E-state index in [1.165, 1.54) is 6.07 Å². The number of allylic oxidation sites excluding steroid dienone is 3. The average Bonchev–Trinajstić information content (AvgIpc) is 2.77. The first-order valence-corrected chi connectivity index (χ1v) is 12.3. The fourth-order valence-electron chi connectivity index (χ4n) is 4.76. The van der Waals surface area contributed by atoms with Gasteiger partial charge in [-0.1, -0.05) is 56.9 Å². The van der Waals surface area contributed by atoms with Crippen LogP contribution >= 0.6 is 0 Å². The molecule has 3 atom stereocenters. The number of aromatic hydroxyl groups is 1. The molecule has 0 spiro atoms. The first-order chi connectivity index (χ1) is 16.1. The number of nitro groups is 1. The molecule has 1 aliphatic carbocycles. The van der Waals surface area contributed by atoms with E-state index >= 15 is 0 Å². The molecule has 0 saturated heterocycles. The minimum absolute atomic E-state index is 0.0301. The molecule has 1 aromatic carbocycles. The second-order valence-electron chi connectivity index (χ2n) is 9.48. The lowest BCUT2D eigenvalue weighted by Gasteiger charge is -2.31. The number of carbonyl (C=O) groups excluding carboxylic acids is 1. The summed E-state index contributed by atoms with van der Waals surface area (Å²) >= 11 is 0. The van der Waals surface area contributed by atoms with Crippen LogP contribution in [0.5, 0.6) is 5.75 Å². The van der Waals surface area contributed by atoms with Crippen molar-refractivity contribution >= 4 is 11.7 Å². The van der Waals surface area contributed by atoms with Crippen LogP contribution in [0.3, 0.4) is 0 Å². The number of phenolic OH excluding ortho intramolecular Hbond substituents is 1. The smallest absolute Gasteiger partial charge is 0.342 e. The van der Waals surface area contributed by atoms with Gasteiger partial charge in [-0.05, 0) is 57.4 Å². The summed E-state index contributed by atoms with van der Waals surface area (Å²) in [6, 6.07) is 1.43. The largest absolute Gasteiger partial charge is 0.506 e. The number of unbranched alkanes of at least 4 members (excludes halogenated alkanes) is 2. The molecule has 7 nitrogen and oxygen atoms in total. The van der Waals surface area contributed by atoms with E-state index in [9.17, 15) is 25.1 Å².